The van der Waals surface area contributed by atoms with Crippen molar-refractivity contribution in [1.82, 2.24) is 24.9 Å². The zero-order valence-corrected chi connectivity index (χ0v) is 15.9. The largest absolute Gasteiger partial charge is 0.378 e. The summed E-state index contributed by atoms with van der Waals surface area (Å²) in [6.45, 7) is 3.41. The molecule has 0 aliphatic carbocycles. The topological polar surface area (TPSA) is 91.9 Å². The number of fused-ring (bicyclic) bond motifs is 1. The van der Waals surface area contributed by atoms with Crippen LogP contribution in [0.1, 0.15) is 5.69 Å². The Balaban J connectivity index is 1.53. The van der Waals surface area contributed by atoms with Gasteiger partial charge in [0.05, 0.1) is 25.5 Å². The van der Waals surface area contributed by atoms with E-state index in [4.69, 9.17) is 14.7 Å². The molecule has 2 N–H and O–H groups in total. The van der Waals surface area contributed by atoms with Crippen molar-refractivity contribution < 1.29 is 4.74 Å². The van der Waals surface area contributed by atoms with E-state index in [0.717, 1.165) is 35.2 Å². The Bertz CT molecular complexity index is 1110. The fourth-order valence-corrected chi connectivity index (χ4v) is 3.42. The highest BCUT2D eigenvalue weighted by molar-refractivity contribution is 5.93. The molecule has 3 aromatic heterocycles. The highest BCUT2D eigenvalue weighted by Crippen LogP contribution is 2.27. The van der Waals surface area contributed by atoms with Gasteiger partial charge in [-0.25, -0.2) is 0 Å². The van der Waals surface area contributed by atoms with Crippen molar-refractivity contribution in [2.45, 2.75) is 6.54 Å². The maximum Gasteiger partial charge on any atom is 0.230 e. The number of anilines is 2. The number of pyridine rings is 1. The second-order valence-electron chi connectivity index (χ2n) is 6.80. The summed E-state index contributed by atoms with van der Waals surface area (Å²) in [5, 5.41) is 4.39. The molecule has 0 saturated carbocycles. The Morgan fingerprint density at radius 2 is 1.93 bits per heavy atom. The number of aromatic nitrogens is 5. The van der Waals surface area contributed by atoms with Gasteiger partial charge in [-0.1, -0.05) is 18.2 Å². The van der Waals surface area contributed by atoms with Gasteiger partial charge < -0.3 is 19.9 Å². The molecule has 0 spiro atoms. The molecule has 1 aliphatic heterocycles. The highest BCUT2D eigenvalue weighted by atomic mass is 16.5. The molecule has 5 rings (SSSR count). The van der Waals surface area contributed by atoms with E-state index in [1.807, 2.05) is 48.7 Å². The lowest BCUT2D eigenvalue weighted by molar-refractivity contribution is 0.122. The van der Waals surface area contributed by atoms with Gasteiger partial charge in [-0.05, 0) is 24.3 Å². The Hall–Kier alpha value is -3.52. The maximum absolute atomic E-state index is 5.48. The molecule has 0 atom stereocenters. The minimum Gasteiger partial charge on any atom is -0.378 e. The molecule has 0 bridgehead atoms. The van der Waals surface area contributed by atoms with Crippen LogP contribution >= 0.6 is 0 Å². The maximum atomic E-state index is 5.48. The lowest BCUT2D eigenvalue weighted by Crippen LogP contribution is -2.37. The minimum absolute atomic E-state index is 0.537. The first kappa shape index (κ1) is 17.6. The molecule has 8 heteroatoms. The van der Waals surface area contributed by atoms with Gasteiger partial charge in [0.2, 0.25) is 11.9 Å². The third-order valence-electron chi connectivity index (χ3n) is 4.91. The molecular formula is C21H21N7O. The van der Waals surface area contributed by atoms with Gasteiger partial charge in [0, 0.05) is 41.9 Å². The number of benzene rings is 1. The number of nitrogens with one attached hydrogen (secondary N) is 2. The van der Waals surface area contributed by atoms with Crippen LogP contribution in [0.25, 0.3) is 22.3 Å². The molecule has 29 heavy (non-hydrogen) atoms. The van der Waals surface area contributed by atoms with Gasteiger partial charge in [0.1, 0.15) is 0 Å². The SMILES string of the molecule is c1ccc(CNc2nc(-c3cccc4[nH]ccc34)nc(N3CCOCC3)n2)nc1. The molecule has 0 radical (unpaired) electrons. The van der Waals surface area contributed by atoms with Crippen LogP contribution in [0.4, 0.5) is 11.9 Å². The zero-order valence-electron chi connectivity index (χ0n) is 15.9. The molecule has 1 aromatic carbocycles. The molecule has 1 aliphatic rings. The monoisotopic (exact) mass is 387 g/mol. The Labute approximate surface area is 168 Å². The predicted octanol–water partition coefficient (Wildman–Crippen LogP) is 2.86. The first-order chi connectivity index (χ1) is 14.4. The standard InChI is InChI=1S/C21H21N7O/c1-2-8-22-15(4-1)14-24-20-25-19(17-5-3-6-18-16(17)7-9-23-18)26-21(27-20)28-10-12-29-13-11-28/h1-9,23H,10-14H2,(H,24,25,26,27). The first-order valence-corrected chi connectivity index (χ1v) is 9.66. The van der Waals surface area contributed by atoms with Crippen LogP contribution < -0.4 is 10.2 Å². The molecule has 146 valence electrons. The number of hydrogen-bond donors (Lipinski definition) is 2. The van der Waals surface area contributed by atoms with Crippen molar-refractivity contribution in [1.29, 1.82) is 0 Å². The van der Waals surface area contributed by atoms with E-state index in [1.165, 1.54) is 0 Å². The van der Waals surface area contributed by atoms with Crippen molar-refractivity contribution in [3.05, 3.63) is 60.6 Å². The molecule has 8 nitrogen and oxygen atoms in total. The van der Waals surface area contributed by atoms with Gasteiger partial charge in [-0.15, -0.1) is 0 Å². The molecular weight excluding hydrogens is 366 g/mol. The third-order valence-corrected chi connectivity index (χ3v) is 4.91. The van der Waals surface area contributed by atoms with Crippen LogP contribution in [0.3, 0.4) is 0 Å². The van der Waals surface area contributed by atoms with E-state index in [1.54, 1.807) is 6.20 Å². The van der Waals surface area contributed by atoms with Gasteiger partial charge in [-0.2, -0.15) is 15.0 Å². The van der Waals surface area contributed by atoms with E-state index in [9.17, 15) is 0 Å². The lowest BCUT2D eigenvalue weighted by Gasteiger charge is -2.27. The van der Waals surface area contributed by atoms with Gasteiger partial charge in [0.15, 0.2) is 5.82 Å². The van der Waals surface area contributed by atoms with Crippen molar-refractivity contribution >= 4 is 22.8 Å². The third kappa shape index (κ3) is 3.74. The van der Waals surface area contributed by atoms with E-state index in [0.29, 0.717) is 37.5 Å². The summed E-state index contributed by atoms with van der Waals surface area (Å²) >= 11 is 0. The second-order valence-corrected chi connectivity index (χ2v) is 6.80. The van der Waals surface area contributed by atoms with Crippen LogP contribution in [0.2, 0.25) is 0 Å². The summed E-state index contributed by atoms with van der Waals surface area (Å²) < 4.78 is 5.48. The molecule has 4 aromatic rings. The smallest absolute Gasteiger partial charge is 0.230 e. The molecule has 1 fully saturated rings. The normalized spacial score (nSPS) is 14.3. The summed E-state index contributed by atoms with van der Waals surface area (Å²) in [7, 11) is 0. The average Bonchev–Trinajstić information content (AvgIpc) is 3.28. The summed E-state index contributed by atoms with van der Waals surface area (Å²) in [5.41, 5.74) is 2.95. The molecule has 1 saturated heterocycles. The van der Waals surface area contributed by atoms with Crippen LogP contribution in [0, 0.1) is 0 Å². The molecule has 0 unspecified atom stereocenters. The highest BCUT2D eigenvalue weighted by Gasteiger charge is 2.18. The second kappa shape index (κ2) is 7.84. The van der Waals surface area contributed by atoms with Crippen molar-refractivity contribution in [2.75, 3.05) is 36.5 Å². The van der Waals surface area contributed by atoms with Crippen LogP contribution in [0.15, 0.2) is 54.9 Å². The minimum atomic E-state index is 0.537. The summed E-state index contributed by atoms with van der Waals surface area (Å²) in [6, 6.07) is 14.0. The summed E-state index contributed by atoms with van der Waals surface area (Å²) in [4.78, 5) is 23.9. The van der Waals surface area contributed by atoms with Gasteiger partial charge in [-0.3, -0.25) is 4.98 Å². The number of H-pyrrole nitrogens is 1. The zero-order chi connectivity index (χ0) is 19.5. The predicted molar refractivity (Wildman–Crippen MR) is 112 cm³/mol. The quantitative estimate of drug-likeness (QED) is 0.544. The van der Waals surface area contributed by atoms with E-state index in [-0.39, 0.29) is 0 Å². The van der Waals surface area contributed by atoms with Gasteiger partial charge in [0.25, 0.3) is 0 Å². The Morgan fingerprint density at radius 1 is 1.00 bits per heavy atom. The number of morpholine rings is 1. The number of nitrogens with zero attached hydrogens (tertiary/aromatic N) is 5. The van der Waals surface area contributed by atoms with Crippen molar-refractivity contribution in [3.8, 4) is 11.4 Å². The van der Waals surface area contributed by atoms with Gasteiger partial charge >= 0.3 is 0 Å². The fraction of sp³-hybridized carbons (Fsp3) is 0.238. The number of ether oxygens (including phenoxy) is 1. The van der Waals surface area contributed by atoms with E-state index < -0.39 is 0 Å². The fourth-order valence-electron chi connectivity index (χ4n) is 3.42. The molecule has 0 amide bonds. The van der Waals surface area contributed by atoms with Crippen molar-refractivity contribution in [2.24, 2.45) is 0 Å². The molecule has 4 heterocycles. The van der Waals surface area contributed by atoms with E-state index in [2.05, 4.69) is 25.2 Å². The lowest BCUT2D eigenvalue weighted by atomic mass is 10.1. The summed E-state index contributed by atoms with van der Waals surface area (Å²) in [5.74, 6) is 1.85. The van der Waals surface area contributed by atoms with E-state index >= 15 is 0 Å². The first-order valence-electron chi connectivity index (χ1n) is 9.66. The van der Waals surface area contributed by atoms with Crippen molar-refractivity contribution in [3.63, 3.8) is 0 Å². The number of rotatable bonds is 5. The average molecular weight is 387 g/mol. The Morgan fingerprint density at radius 3 is 2.79 bits per heavy atom. The Kier molecular flexibility index (Phi) is 4.75. The van der Waals surface area contributed by atoms with Crippen LogP contribution in [0.5, 0.6) is 0 Å². The summed E-state index contributed by atoms with van der Waals surface area (Å²) in [6.07, 6.45) is 3.71. The number of aromatic amines is 1. The van der Waals surface area contributed by atoms with Crippen LogP contribution in [-0.4, -0.2) is 51.2 Å². The van der Waals surface area contributed by atoms with Crippen LogP contribution in [-0.2, 0) is 11.3 Å². The number of hydrogen-bond acceptors (Lipinski definition) is 7.